The van der Waals surface area contributed by atoms with Crippen molar-refractivity contribution in [3.05, 3.63) is 77.6 Å². The average molecular weight is 348 g/mol. The number of halogens is 1. The molecule has 1 N–H and O–H groups in total. The van der Waals surface area contributed by atoms with E-state index in [1.54, 1.807) is 26.4 Å². The summed E-state index contributed by atoms with van der Waals surface area (Å²) in [7, 11) is 3.27. The minimum absolute atomic E-state index is 0.314. The average Bonchev–Trinajstić information content (AvgIpc) is 2.98. The molecule has 0 unspecified atom stereocenters. The van der Waals surface area contributed by atoms with Crippen molar-refractivity contribution in [3.8, 4) is 22.6 Å². The Hall–Kier alpha value is -3.34. The number of nitrogens with zero attached hydrogens (tertiary/aromatic N) is 1. The SMILES string of the molecule is COc1ccc2c(c1)C(=NNc1cccc(F)c1)c1cc(OC)ccc1-2. The van der Waals surface area contributed by atoms with E-state index in [4.69, 9.17) is 9.47 Å². The lowest BCUT2D eigenvalue weighted by atomic mass is 10.1. The van der Waals surface area contributed by atoms with Crippen molar-refractivity contribution in [1.82, 2.24) is 0 Å². The maximum absolute atomic E-state index is 13.4. The molecule has 3 aromatic carbocycles. The van der Waals surface area contributed by atoms with E-state index in [0.29, 0.717) is 5.69 Å². The molecule has 130 valence electrons. The molecule has 4 rings (SSSR count). The molecule has 0 bridgehead atoms. The summed E-state index contributed by atoms with van der Waals surface area (Å²) in [6.07, 6.45) is 0. The first-order valence-electron chi connectivity index (χ1n) is 8.16. The van der Waals surface area contributed by atoms with Crippen LogP contribution in [-0.2, 0) is 0 Å². The zero-order valence-corrected chi connectivity index (χ0v) is 14.4. The summed E-state index contributed by atoms with van der Waals surface area (Å²) in [4.78, 5) is 0. The molecule has 0 atom stereocenters. The van der Waals surface area contributed by atoms with E-state index >= 15 is 0 Å². The highest BCUT2D eigenvalue weighted by Gasteiger charge is 2.26. The number of hydrazone groups is 1. The van der Waals surface area contributed by atoms with Crippen molar-refractivity contribution >= 4 is 11.4 Å². The normalized spacial score (nSPS) is 11.6. The van der Waals surface area contributed by atoms with Crippen LogP contribution in [0.15, 0.2) is 65.8 Å². The number of benzene rings is 3. The molecule has 3 aromatic rings. The first-order chi connectivity index (χ1) is 12.7. The summed E-state index contributed by atoms with van der Waals surface area (Å²) in [5.41, 5.74) is 8.35. The van der Waals surface area contributed by atoms with E-state index < -0.39 is 0 Å². The Morgan fingerprint density at radius 3 is 1.92 bits per heavy atom. The predicted molar refractivity (Wildman–Crippen MR) is 101 cm³/mol. The second-order valence-corrected chi connectivity index (χ2v) is 5.91. The van der Waals surface area contributed by atoms with Gasteiger partial charge in [0, 0.05) is 11.1 Å². The van der Waals surface area contributed by atoms with Gasteiger partial charge in [-0.1, -0.05) is 6.07 Å². The molecule has 0 amide bonds. The second-order valence-electron chi connectivity index (χ2n) is 5.91. The number of fused-ring (bicyclic) bond motifs is 3. The molecular formula is C21H17FN2O2. The van der Waals surface area contributed by atoms with E-state index in [1.165, 1.54) is 12.1 Å². The van der Waals surface area contributed by atoms with Crippen molar-refractivity contribution in [2.75, 3.05) is 19.6 Å². The Morgan fingerprint density at radius 2 is 1.38 bits per heavy atom. The lowest BCUT2D eigenvalue weighted by Gasteiger charge is -2.07. The zero-order chi connectivity index (χ0) is 18.1. The smallest absolute Gasteiger partial charge is 0.125 e. The molecular weight excluding hydrogens is 331 g/mol. The van der Waals surface area contributed by atoms with Crippen molar-refractivity contribution in [2.24, 2.45) is 5.10 Å². The van der Waals surface area contributed by atoms with Gasteiger partial charge in [0.25, 0.3) is 0 Å². The van der Waals surface area contributed by atoms with Crippen LogP contribution in [0.25, 0.3) is 11.1 Å². The summed E-state index contributed by atoms with van der Waals surface area (Å²) in [6.45, 7) is 0. The monoisotopic (exact) mass is 348 g/mol. The van der Waals surface area contributed by atoms with Crippen LogP contribution in [0.1, 0.15) is 11.1 Å². The molecule has 0 aliphatic heterocycles. The number of rotatable bonds is 4. The molecule has 1 aliphatic rings. The Kier molecular flexibility index (Phi) is 4.05. The number of hydrogen-bond donors (Lipinski definition) is 1. The third-order valence-electron chi connectivity index (χ3n) is 4.38. The fraction of sp³-hybridized carbons (Fsp3) is 0.0952. The number of hydrogen-bond acceptors (Lipinski definition) is 4. The van der Waals surface area contributed by atoms with Gasteiger partial charge in [0.1, 0.15) is 17.3 Å². The Bertz CT molecular complexity index is 959. The van der Waals surface area contributed by atoms with Gasteiger partial charge in [-0.15, -0.1) is 0 Å². The zero-order valence-electron chi connectivity index (χ0n) is 14.4. The molecule has 0 spiro atoms. The highest BCUT2D eigenvalue weighted by molar-refractivity contribution is 6.25. The Morgan fingerprint density at radius 1 is 0.769 bits per heavy atom. The largest absolute Gasteiger partial charge is 0.497 e. The van der Waals surface area contributed by atoms with E-state index in [2.05, 4.69) is 10.5 Å². The van der Waals surface area contributed by atoms with Crippen molar-refractivity contribution < 1.29 is 13.9 Å². The summed E-state index contributed by atoms with van der Waals surface area (Å²) in [5, 5.41) is 4.56. The van der Waals surface area contributed by atoms with Gasteiger partial charge in [-0.05, 0) is 65.7 Å². The molecule has 1 aliphatic carbocycles. The van der Waals surface area contributed by atoms with Gasteiger partial charge in [-0.2, -0.15) is 5.10 Å². The quantitative estimate of drug-likeness (QED) is 0.544. The fourth-order valence-corrected chi connectivity index (χ4v) is 3.11. The molecule has 0 saturated heterocycles. The maximum atomic E-state index is 13.4. The van der Waals surface area contributed by atoms with E-state index in [1.807, 2.05) is 36.4 Å². The molecule has 26 heavy (non-hydrogen) atoms. The first kappa shape index (κ1) is 16.1. The van der Waals surface area contributed by atoms with Crippen LogP contribution in [-0.4, -0.2) is 19.9 Å². The van der Waals surface area contributed by atoms with Gasteiger partial charge >= 0.3 is 0 Å². The lowest BCUT2D eigenvalue weighted by molar-refractivity contribution is 0.414. The Balaban J connectivity index is 1.83. The predicted octanol–water partition coefficient (Wildman–Crippen LogP) is 4.69. The molecule has 0 heterocycles. The summed E-state index contributed by atoms with van der Waals surface area (Å²) >= 11 is 0. The second kappa shape index (κ2) is 6.52. The van der Waals surface area contributed by atoms with Crippen LogP contribution >= 0.6 is 0 Å². The number of nitrogens with one attached hydrogen (secondary N) is 1. The van der Waals surface area contributed by atoms with Crippen molar-refractivity contribution in [1.29, 1.82) is 0 Å². The lowest BCUT2D eigenvalue weighted by Crippen LogP contribution is -2.03. The molecule has 0 saturated carbocycles. The molecule has 4 nitrogen and oxygen atoms in total. The summed E-state index contributed by atoms with van der Waals surface area (Å²) < 4.78 is 24.1. The van der Waals surface area contributed by atoms with Gasteiger partial charge in [0.05, 0.1) is 25.6 Å². The minimum Gasteiger partial charge on any atom is -0.497 e. The van der Waals surface area contributed by atoms with E-state index in [9.17, 15) is 4.39 Å². The van der Waals surface area contributed by atoms with Crippen molar-refractivity contribution in [2.45, 2.75) is 0 Å². The number of ether oxygens (including phenoxy) is 2. The molecule has 0 fully saturated rings. The van der Waals surface area contributed by atoms with Gasteiger partial charge < -0.3 is 9.47 Å². The Labute approximate surface area is 150 Å². The standard InChI is InChI=1S/C21H17FN2O2/c1-25-15-6-8-17-18-9-7-16(26-2)12-20(18)21(19(17)11-15)24-23-14-5-3-4-13(22)10-14/h3-12,23H,1-2H3. The van der Waals surface area contributed by atoms with Crippen LogP contribution < -0.4 is 14.9 Å². The molecule has 0 aromatic heterocycles. The number of methoxy groups -OCH3 is 2. The first-order valence-corrected chi connectivity index (χ1v) is 8.16. The van der Waals surface area contributed by atoms with Crippen LogP contribution in [0, 0.1) is 5.82 Å². The van der Waals surface area contributed by atoms with Crippen LogP contribution in [0.5, 0.6) is 11.5 Å². The van der Waals surface area contributed by atoms with Gasteiger partial charge in [-0.25, -0.2) is 4.39 Å². The molecule has 0 radical (unpaired) electrons. The molecule has 5 heteroatoms. The van der Waals surface area contributed by atoms with E-state index in [-0.39, 0.29) is 5.82 Å². The third kappa shape index (κ3) is 2.77. The van der Waals surface area contributed by atoms with Crippen LogP contribution in [0.2, 0.25) is 0 Å². The summed E-state index contributed by atoms with van der Waals surface area (Å²) in [5.74, 6) is 1.19. The van der Waals surface area contributed by atoms with Gasteiger partial charge in [0.15, 0.2) is 0 Å². The maximum Gasteiger partial charge on any atom is 0.125 e. The third-order valence-corrected chi connectivity index (χ3v) is 4.38. The van der Waals surface area contributed by atoms with Gasteiger partial charge in [0.2, 0.25) is 0 Å². The fourth-order valence-electron chi connectivity index (χ4n) is 3.11. The highest BCUT2D eigenvalue weighted by atomic mass is 19.1. The van der Waals surface area contributed by atoms with Crippen molar-refractivity contribution in [3.63, 3.8) is 0 Å². The topological polar surface area (TPSA) is 42.8 Å². The van der Waals surface area contributed by atoms with Gasteiger partial charge in [-0.3, -0.25) is 5.43 Å². The number of anilines is 1. The minimum atomic E-state index is -0.314. The van der Waals surface area contributed by atoms with E-state index in [0.717, 1.165) is 39.5 Å². The summed E-state index contributed by atoms with van der Waals surface area (Å²) in [6, 6.07) is 18.0. The highest BCUT2D eigenvalue weighted by Crippen LogP contribution is 2.40. The van der Waals surface area contributed by atoms with Crippen LogP contribution in [0.4, 0.5) is 10.1 Å². The van der Waals surface area contributed by atoms with Crippen LogP contribution in [0.3, 0.4) is 0 Å².